The van der Waals surface area contributed by atoms with Gasteiger partial charge in [-0.2, -0.15) is 0 Å². The summed E-state index contributed by atoms with van der Waals surface area (Å²) in [4.78, 5) is 15.5. The van der Waals surface area contributed by atoms with Crippen LogP contribution in [0.3, 0.4) is 0 Å². The molecule has 0 atom stereocenters. The molecule has 0 aliphatic heterocycles. The largest absolute Gasteiger partial charge is 0.487 e. The fraction of sp³-hybridized carbons (Fsp3) is 0.286. The van der Waals surface area contributed by atoms with Gasteiger partial charge in [0.2, 0.25) is 0 Å². The van der Waals surface area contributed by atoms with Crippen LogP contribution in [0, 0.1) is 0 Å². The Balaban J connectivity index is 1.98. The lowest BCUT2D eigenvalue weighted by molar-refractivity contribution is 0.0988. The molecular weight excluding hydrogens is 228 g/mol. The summed E-state index contributed by atoms with van der Waals surface area (Å²) >= 11 is 0. The summed E-state index contributed by atoms with van der Waals surface area (Å²) in [5, 5.41) is 0. The summed E-state index contributed by atoms with van der Waals surface area (Å²) < 4.78 is 7.54. The van der Waals surface area contributed by atoms with Gasteiger partial charge in [-0.05, 0) is 24.3 Å². The Morgan fingerprint density at radius 3 is 2.61 bits per heavy atom. The minimum atomic E-state index is 0.146. The van der Waals surface area contributed by atoms with Crippen LogP contribution in [0.15, 0.2) is 36.8 Å². The van der Waals surface area contributed by atoms with Crippen molar-refractivity contribution in [2.45, 2.75) is 20.0 Å². The van der Waals surface area contributed by atoms with Crippen LogP contribution in [-0.4, -0.2) is 15.3 Å². The minimum absolute atomic E-state index is 0.146. The maximum absolute atomic E-state index is 11.5. The van der Waals surface area contributed by atoms with E-state index in [4.69, 9.17) is 4.74 Å². The van der Waals surface area contributed by atoms with E-state index in [1.807, 2.05) is 30.7 Å². The van der Waals surface area contributed by atoms with Crippen LogP contribution in [0.2, 0.25) is 0 Å². The van der Waals surface area contributed by atoms with Crippen molar-refractivity contribution in [2.75, 3.05) is 0 Å². The number of carbonyl (C=O) groups is 1. The van der Waals surface area contributed by atoms with Crippen molar-refractivity contribution in [1.29, 1.82) is 0 Å². The van der Waals surface area contributed by atoms with Crippen LogP contribution < -0.4 is 4.74 Å². The summed E-state index contributed by atoms with van der Waals surface area (Å²) in [6.45, 7) is 2.33. The normalized spacial score (nSPS) is 10.3. The predicted octanol–water partition coefficient (Wildman–Crippen LogP) is 2.59. The number of hydrogen-bond acceptors (Lipinski definition) is 3. The number of rotatable bonds is 5. The maximum Gasteiger partial charge on any atom is 0.162 e. The number of ether oxygens (including phenoxy) is 1. The average Bonchev–Trinajstić information content (AvgIpc) is 2.81. The van der Waals surface area contributed by atoms with Gasteiger partial charge in [0.15, 0.2) is 5.78 Å². The number of hydrogen-bond donors (Lipinski definition) is 0. The van der Waals surface area contributed by atoms with E-state index in [1.54, 1.807) is 24.7 Å². The van der Waals surface area contributed by atoms with Gasteiger partial charge < -0.3 is 9.30 Å². The third kappa shape index (κ3) is 2.77. The molecule has 4 nitrogen and oxygen atoms in total. The first-order chi connectivity index (χ1) is 8.70. The van der Waals surface area contributed by atoms with Crippen LogP contribution in [0.4, 0.5) is 0 Å². The molecule has 2 aromatic rings. The number of nitrogens with zero attached hydrogens (tertiary/aromatic N) is 2. The number of ketones is 1. The van der Waals surface area contributed by atoms with Gasteiger partial charge in [0.05, 0.1) is 18.2 Å². The zero-order valence-corrected chi connectivity index (χ0v) is 10.6. The van der Waals surface area contributed by atoms with E-state index in [2.05, 4.69) is 4.98 Å². The minimum Gasteiger partial charge on any atom is -0.487 e. The monoisotopic (exact) mass is 244 g/mol. The van der Waals surface area contributed by atoms with E-state index in [9.17, 15) is 4.79 Å². The van der Waals surface area contributed by atoms with Gasteiger partial charge >= 0.3 is 0 Å². The average molecular weight is 244 g/mol. The molecule has 0 amide bonds. The third-order valence-electron chi connectivity index (χ3n) is 2.80. The highest BCUT2D eigenvalue weighted by atomic mass is 16.5. The van der Waals surface area contributed by atoms with E-state index in [0.717, 1.165) is 17.0 Å². The van der Waals surface area contributed by atoms with Gasteiger partial charge in [0, 0.05) is 19.0 Å². The SMILES string of the molecule is CCC(=O)c1ccc(OCc2cncn2C)cc1. The van der Waals surface area contributed by atoms with E-state index < -0.39 is 0 Å². The number of Topliss-reactive ketones (excluding diaryl/α,β-unsaturated/α-hetero) is 1. The summed E-state index contributed by atoms with van der Waals surface area (Å²) in [6.07, 6.45) is 4.03. The standard InChI is InChI=1S/C14H16N2O2/c1-3-14(17)11-4-6-13(7-5-11)18-9-12-8-15-10-16(12)2/h4-8,10H,3,9H2,1-2H3. The highest BCUT2D eigenvalue weighted by Crippen LogP contribution is 2.15. The Hall–Kier alpha value is -2.10. The van der Waals surface area contributed by atoms with Crippen molar-refractivity contribution in [1.82, 2.24) is 9.55 Å². The van der Waals surface area contributed by atoms with Gasteiger partial charge in [0.25, 0.3) is 0 Å². The molecular formula is C14H16N2O2. The van der Waals surface area contributed by atoms with E-state index in [1.165, 1.54) is 0 Å². The van der Waals surface area contributed by atoms with Crippen molar-refractivity contribution < 1.29 is 9.53 Å². The van der Waals surface area contributed by atoms with Gasteiger partial charge in [-0.25, -0.2) is 4.98 Å². The Kier molecular flexibility index (Phi) is 3.77. The topological polar surface area (TPSA) is 44.1 Å². The molecule has 0 spiro atoms. The first-order valence-corrected chi connectivity index (χ1v) is 5.92. The summed E-state index contributed by atoms with van der Waals surface area (Å²) in [5.41, 5.74) is 1.73. The highest BCUT2D eigenvalue weighted by molar-refractivity contribution is 5.95. The summed E-state index contributed by atoms with van der Waals surface area (Å²) in [6, 6.07) is 7.23. The first kappa shape index (κ1) is 12.4. The first-order valence-electron chi connectivity index (χ1n) is 5.92. The molecule has 94 valence electrons. The summed E-state index contributed by atoms with van der Waals surface area (Å²) in [7, 11) is 1.93. The van der Waals surface area contributed by atoms with Crippen molar-refractivity contribution in [3.63, 3.8) is 0 Å². The van der Waals surface area contributed by atoms with Gasteiger partial charge in [0.1, 0.15) is 12.4 Å². The molecule has 0 fully saturated rings. The number of aryl methyl sites for hydroxylation is 1. The van der Waals surface area contributed by atoms with Crippen molar-refractivity contribution in [3.8, 4) is 5.75 Å². The second kappa shape index (κ2) is 5.49. The second-order valence-corrected chi connectivity index (χ2v) is 4.09. The molecule has 0 aliphatic rings. The number of carbonyl (C=O) groups excluding carboxylic acids is 1. The van der Waals surface area contributed by atoms with Gasteiger partial charge in [-0.1, -0.05) is 6.92 Å². The van der Waals surface area contributed by atoms with Crippen LogP contribution in [0.25, 0.3) is 0 Å². The number of benzene rings is 1. The maximum atomic E-state index is 11.5. The molecule has 4 heteroatoms. The summed E-state index contributed by atoms with van der Waals surface area (Å²) in [5.74, 6) is 0.900. The lowest BCUT2D eigenvalue weighted by Crippen LogP contribution is -2.01. The molecule has 1 aromatic carbocycles. The van der Waals surface area contributed by atoms with Crippen LogP contribution in [0.5, 0.6) is 5.75 Å². The lowest BCUT2D eigenvalue weighted by atomic mass is 10.1. The second-order valence-electron chi connectivity index (χ2n) is 4.09. The van der Waals surface area contributed by atoms with E-state index >= 15 is 0 Å². The van der Waals surface area contributed by atoms with Crippen LogP contribution in [-0.2, 0) is 13.7 Å². The predicted molar refractivity (Wildman–Crippen MR) is 68.6 cm³/mol. The highest BCUT2D eigenvalue weighted by Gasteiger charge is 2.03. The van der Waals surface area contributed by atoms with Crippen LogP contribution in [0.1, 0.15) is 29.4 Å². The Bertz CT molecular complexity index is 529. The molecule has 1 aromatic heterocycles. The van der Waals surface area contributed by atoms with Crippen molar-refractivity contribution >= 4 is 5.78 Å². The quantitative estimate of drug-likeness (QED) is 0.759. The molecule has 18 heavy (non-hydrogen) atoms. The van der Waals surface area contributed by atoms with Gasteiger partial charge in [-0.15, -0.1) is 0 Å². The molecule has 2 rings (SSSR count). The molecule has 0 N–H and O–H groups in total. The molecule has 0 unspecified atom stereocenters. The number of imidazole rings is 1. The molecule has 0 saturated carbocycles. The molecule has 1 heterocycles. The van der Waals surface area contributed by atoms with Gasteiger partial charge in [-0.3, -0.25) is 4.79 Å². The Morgan fingerprint density at radius 1 is 1.33 bits per heavy atom. The van der Waals surface area contributed by atoms with E-state index in [0.29, 0.717) is 13.0 Å². The molecule has 0 radical (unpaired) electrons. The van der Waals surface area contributed by atoms with Crippen molar-refractivity contribution in [3.05, 3.63) is 48.0 Å². The zero-order valence-electron chi connectivity index (χ0n) is 10.6. The zero-order chi connectivity index (χ0) is 13.0. The fourth-order valence-electron chi connectivity index (χ4n) is 1.62. The molecule has 0 saturated heterocycles. The molecule has 0 bridgehead atoms. The van der Waals surface area contributed by atoms with E-state index in [-0.39, 0.29) is 5.78 Å². The Morgan fingerprint density at radius 2 is 2.06 bits per heavy atom. The van der Waals surface area contributed by atoms with Crippen molar-refractivity contribution in [2.24, 2.45) is 7.05 Å². The van der Waals surface area contributed by atoms with Crippen LogP contribution >= 0.6 is 0 Å². The lowest BCUT2D eigenvalue weighted by Gasteiger charge is -2.07. The number of aromatic nitrogens is 2. The fourth-order valence-corrected chi connectivity index (χ4v) is 1.62. The molecule has 0 aliphatic carbocycles. The third-order valence-corrected chi connectivity index (χ3v) is 2.80. The Labute approximate surface area is 106 Å². The smallest absolute Gasteiger partial charge is 0.162 e.